The zero-order valence-electron chi connectivity index (χ0n) is 11.9. The highest BCUT2D eigenvalue weighted by atomic mass is 32.1. The minimum atomic E-state index is -0.318. The molecule has 0 atom stereocenters. The van der Waals surface area contributed by atoms with Gasteiger partial charge in [-0.2, -0.15) is 0 Å². The number of anilines is 1. The van der Waals surface area contributed by atoms with Crippen molar-refractivity contribution in [2.75, 3.05) is 24.6 Å². The van der Waals surface area contributed by atoms with E-state index in [1.165, 1.54) is 30.6 Å². The molecule has 1 aliphatic rings. The van der Waals surface area contributed by atoms with Crippen molar-refractivity contribution in [1.29, 1.82) is 0 Å². The molecule has 2 heterocycles. The van der Waals surface area contributed by atoms with Crippen molar-refractivity contribution in [2.45, 2.75) is 40.0 Å². The minimum Gasteiger partial charge on any atom is -0.461 e. The quantitative estimate of drug-likeness (QED) is 0.777. The first kappa shape index (κ1) is 14.3. The second-order valence-electron chi connectivity index (χ2n) is 5.11. The predicted octanol–water partition coefficient (Wildman–Crippen LogP) is 3.34. The van der Waals surface area contributed by atoms with Gasteiger partial charge in [0.25, 0.3) is 0 Å². The van der Waals surface area contributed by atoms with Gasteiger partial charge in [0.05, 0.1) is 6.61 Å². The topological polar surface area (TPSA) is 42.4 Å². The van der Waals surface area contributed by atoms with Crippen LogP contribution in [0.25, 0.3) is 0 Å². The molecule has 0 unspecified atom stereocenters. The monoisotopic (exact) mass is 282 g/mol. The van der Waals surface area contributed by atoms with Gasteiger partial charge < -0.3 is 9.64 Å². The van der Waals surface area contributed by atoms with Crippen LogP contribution in [-0.4, -0.2) is 30.6 Å². The molecule has 0 aliphatic carbocycles. The fourth-order valence-corrected chi connectivity index (χ4v) is 3.46. The van der Waals surface area contributed by atoms with Crippen LogP contribution >= 0.6 is 11.3 Å². The Labute approximate surface area is 118 Å². The number of carbonyl (C=O) groups is 1. The molecule has 1 fully saturated rings. The molecule has 0 N–H and O–H groups in total. The van der Waals surface area contributed by atoms with Crippen molar-refractivity contribution in [2.24, 2.45) is 5.41 Å². The second-order valence-corrected chi connectivity index (χ2v) is 5.95. The highest BCUT2D eigenvalue weighted by Gasteiger charge is 2.36. The van der Waals surface area contributed by atoms with E-state index in [-0.39, 0.29) is 5.97 Å². The minimum absolute atomic E-state index is 0.318. The number of hydrogen-bond donors (Lipinski definition) is 0. The predicted molar refractivity (Wildman–Crippen MR) is 77.9 cm³/mol. The zero-order chi connectivity index (χ0) is 13.9. The van der Waals surface area contributed by atoms with E-state index in [0.29, 0.717) is 17.7 Å². The molecule has 1 aliphatic heterocycles. The molecule has 19 heavy (non-hydrogen) atoms. The smallest absolute Gasteiger partial charge is 0.357 e. The van der Waals surface area contributed by atoms with Crippen molar-refractivity contribution in [3.8, 4) is 0 Å². The molecule has 2 rings (SSSR count). The van der Waals surface area contributed by atoms with Gasteiger partial charge in [0, 0.05) is 18.5 Å². The number of nitrogens with zero attached hydrogens (tertiary/aromatic N) is 2. The lowest BCUT2D eigenvalue weighted by atomic mass is 9.82. The summed E-state index contributed by atoms with van der Waals surface area (Å²) in [7, 11) is 0. The maximum Gasteiger partial charge on any atom is 0.357 e. The van der Waals surface area contributed by atoms with Crippen molar-refractivity contribution in [3.63, 3.8) is 0 Å². The van der Waals surface area contributed by atoms with E-state index in [1.54, 1.807) is 5.38 Å². The molecule has 1 saturated heterocycles. The third-order valence-electron chi connectivity index (χ3n) is 4.19. The third kappa shape index (κ3) is 2.91. The summed E-state index contributed by atoms with van der Waals surface area (Å²) in [6, 6.07) is 0. The summed E-state index contributed by atoms with van der Waals surface area (Å²) in [6.07, 6.45) is 3.63. The van der Waals surface area contributed by atoms with Gasteiger partial charge in [0.15, 0.2) is 10.8 Å². The molecule has 0 amide bonds. The Morgan fingerprint density at radius 2 is 2.21 bits per heavy atom. The molecule has 0 saturated carbocycles. The maximum absolute atomic E-state index is 11.6. The summed E-state index contributed by atoms with van der Waals surface area (Å²) in [5.74, 6) is -0.318. The summed E-state index contributed by atoms with van der Waals surface area (Å²) in [5, 5.41) is 2.75. The van der Waals surface area contributed by atoms with E-state index in [9.17, 15) is 4.79 Å². The average molecular weight is 282 g/mol. The van der Waals surface area contributed by atoms with Crippen molar-refractivity contribution in [1.82, 2.24) is 4.98 Å². The Kier molecular flexibility index (Phi) is 4.45. The number of thiazole rings is 1. The number of rotatable bonds is 5. The summed E-state index contributed by atoms with van der Waals surface area (Å²) in [5.41, 5.74) is 0.864. The van der Waals surface area contributed by atoms with Crippen LogP contribution < -0.4 is 4.90 Å². The summed E-state index contributed by atoms with van der Waals surface area (Å²) >= 11 is 1.54. The lowest BCUT2D eigenvalue weighted by Crippen LogP contribution is -2.26. The number of carbonyl (C=O) groups excluding carboxylic acids is 1. The molecule has 0 bridgehead atoms. The highest BCUT2D eigenvalue weighted by molar-refractivity contribution is 7.13. The zero-order valence-corrected chi connectivity index (χ0v) is 12.8. The molecule has 4 nitrogen and oxygen atoms in total. The molecule has 0 spiro atoms. The number of ether oxygens (including phenoxy) is 1. The van der Waals surface area contributed by atoms with Crippen LogP contribution in [-0.2, 0) is 4.74 Å². The first-order chi connectivity index (χ1) is 9.14. The Morgan fingerprint density at radius 3 is 2.79 bits per heavy atom. The summed E-state index contributed by atoms with van der Waals surface area (Å²) < 4.78 is 4.97. The number of esters is 1. The van der Waals surface area contributed by atoms with Gasteiger partial charge in [-0.25, -0.2) is 9.78 Å². The van der Waals surface area contributed by atoms with Gasteiger partial charge in [-0.05, 0) is 31.6 Å². The van der Waals surface area contributed by atoms with Crippen LogP contribution in [0.3, 0.4) is 0 Å². The molecule has 1 aromatic heterocycles. The van der Waals surface area contributed by atoms with Crippen molar-refractivity contribution >= 4 is 22.4 Å². The van der Waals surface area contributed by atoms with Gasteiger partial charge in [0.1, 0.15) is 0 Å². The van der Waals surface area contributed by atoms with E-state index in [1.807, 2.05) is 6.92 Å². The molecule has 0 radical (unpaired) electrons. The van der Waals surface area contributed by atoms with Gasteiger partial charge in [-0.15, -0.1) is 11.3 Å². The lowest BCUT2D eigenvalue weighted by molar-refractivity contribution is 0.0520. The third-order valence-corrected chi connectivity index (χ3v) is 5.09. The van der Waals surface area contributed by atoms with Crippen LogP contribution in [0, 0.1) is 5.41 Å². The first-order valence-electron chi connectivity index (χ1n) is 7.01. The normalized spacial score (nSPS) is 17.7. The van der Waals surface area contributed by atoms with Gasteiger partial charge in [-0.3, -0.25) is 0 Å². The highest BCUT2D eigenvalue weighted by Crippen LogP contribution is 2.39. The van der Waals surface area contributed by atoms with Crippen LogP contribution in [0.5, 0.6) is 0 Å². The van der Waals surface area contributed by atoms with Crippen LogP contribution in [0.4, 0.5) is 5.13 Å². The van der Waals surface area contributed by atoms with E-state index >= 15 is 0 Å². The Hall–Kier alpha value is -1.10. The van der Waals surface area contributed by atoms with E-state index in [4.69, 9.17) is 4.74 Å². The van der Waals surface area contributed by atoms with Crippen molar-refractivity contribution < 1.29 is 9.53 Å². The van der Waals surface area contributed by atoms with Gasteiger partial charge >= 0.3 is 5.97 Å². The molecule has 106 valence electrons. The van der Waals surface area contributed by atoms with E-state index in [0.717, 1.165) is 18.2 Å². The fourth-order valence-electron chi connectivity index (χ4n) is 2.63. The van der Waals surface area contributed by atoms with E-state index < -0.39 is 0 Å². The average Bonchev–Trinajstić information content (AvgIpc) is 3.06. The van der Waals surface area contributed by atoms with Gasteiger partial charge in [-0.1, -0.05) is 13.8 Å². The van der Waals surface area contributed by atoms with Gasteiger partial charge in [0.2, 0.25) is 0 Å². The van der Waals surface area contributed by atoms with Crippen LogP contribution in [0.1, 0.15) is 50.5 Å². The number of hydrogen-bond acceptors (Lipinski definition) is 5. The summed E-state index contributed by atoms with van der Waals surface area (Å²) in [4.78, 5) is 18.3. The standard InChI is InChI=1S/C14H22N2O2S/c1-4-14(5-2)7-8-16(10-14)13-15-11(9-19-13)12(17)18-6-3/h9H,4-8,10H2,1-3H3. The SMILES string of the molecule is CCOC(=O)c1csc(N2CCC(CC)(CC)C2)n1. The largest absolute Gasteiger partial charge is 0.461 e. The Bertz CT molecular complexity index is 440. The maximum atomic E-state index is 11.6. The molecule has 0 aromatic carbocycles. The van der Waals surface area contributed by atoms with Crippen molar-refractivity contribution in [3.05, 3.63) is 11.1 Å². The molecule has 1 aromatic rings. The molecular formula is C14H22N2O2S. The van der Waals surface area contributed by atoms with Crippen LogP contribution in [0.15, 0.2) is 5.38 Å². The summed E-state index contributed by atoms with van der Waals surface area (Å²) in [6.45, 7) is 8.82. The van der Waals surface area contributed by atoms with E-state index in [2.05, 4.69) is 23.7 Å². The lowest BCUT2D eigenvalue weighted by Gasteiger charge is -2.26. The Balaban J connectivity index is 2.06. The first-order valence-corrected chi connectivity index (χ1v) is 7.89. The Morgan fingerprint density at radius 1 is 1.47 bits per heavy atom. The fraction of sp³-hybridized carbons (Fsp3) is 0.714. The number of aromatic nitrogens is 1. The second kappa shape index (κ2) is 5.90. The van der Waals surface area contributed by atoms with Crippen LogP contribution in [0.2, 0.25) is 0 Å². The molecular weight excluding hydrogens is 260 g/mol. The molecule has 5 heteroatoms.